The second-order valence-corrected chi connectivity index (χ2v) is 6.04. The number of hydrogen-bond acceptors (Lipinski definition) is 3. The van der Waals surface area contributed by atoms with Crippen molar-refractivity contribution >= 4 is 9.84 Å². The normalized spacial score (nSPS) is 27.4. The van der Waals surface area contributed by atoms with Crippen molar-refractivity contribution in [2.75, 3.05) is 12.4 Å². The standard InChI is InChI=1S/C10H18O3S/c1-2-7-13-9-10-6-4-3-5-8-14(10,11)12/h2,7,10H,3-6,8-9H2,1H3/b7-2+. The van der Waals surface area contributed by atoms with E-state index in [0.29, 0.717) is 12.4 Å². The quantitative estimate of drug-likeness (QED) is 0.679. The number of sulfone groups is 1. The minimum absolute atomic E-state index is 0.291. The highest BCUT2D eigenvalue weighted by Gasteiger charge is 2.27. The van der Waals surface area contributed by atoms with Crippen LogP contribution in [0.1, 0.15) is 32.6 Å². The lowest BCUT2D eigenvalue weighted by Crippen LogP contribution is -2.26. The zero-order chi connectivity index (χ0) is 10.4. The minimum Gasteiger partial charge on any atom is -0.500 e. The summed E-state index contributed by atoms with van der Waals surface area (Å²) in [7, 11) is -2.90. The summed E-state index contributed by atoms with van der Waals surface area (Å²) in [4.78, 5) is 0. The van der Waals surface area contributed by atoms with Crippen LogP contribution in [0.5, 0.6) is 0 Å². The predicted octanol–water partition coefficient (Wildman–Crippen LogP) is 1.89. The highest BCUT2D eigenvalue weighted by atomic mass is 32.2. The lowest BCUT2D eigenvalue weighted by molar-refractivity contribution is 0.242. The average Bonchev–Trinajstić information content (AvgIpc) is 2.29. The molecule has 0 aromatic heterocycles. The molecule has 14 heavy (non-hydrogen) atoms. The fourth-order valence-corrected chi connectivity index (χ4v) is 3.40. The van der Waals surface area contributed by atoms with E-state index in [0.717, 1.165) is 25.7 Å². The first-order valence-electron chi connectivity index (χ1n) is 5.11. The van der Waals surface area contributed by atoms with E-state index in [1.807, 2.05) is 6.92 Å². The number of ether oxygens (including phenoxy) is 1. The Kier molecular flexibility index (Phi) is 4.45. The maximum absolute atomic E-state index is 11.7. The van der Waals surface area contributed by atoms with E-state index in [1.165, 1.54) is 0 Å². The van der Waals surface area contributed by atoms with Crippen molar-refractivity contribution in [2.45, 2.75) is 37.9 Å². The Hall–Kier alpha value is -0.510. The molecule has 0 amide bonds. The summed E-state index contributed by atoms with van der Waals surface area (Å²) in [5, 5.41) is -0.291. The van der Waals surface area contributed by atoms with Gasteiger partial charge < -0.3 is 4.74 Å². The Morgan fingerprint density at radius 1 is 1.36 bits per heavy atom. The molecule has 1 saturated heterocycles. The smallest absolute Gasteiger partial charge is 0.156 e. The van der Waals surface area contributed by atoms with Crippen molar-refractivity contribution in [1.82, 2.24) is 0 Å². The van der Waals surface area contributed by atoms with Crippen molar-refractivity contribution in [2.24, 2.45) is 0 Å². The SMILES string of the molecule is C/C=C/OCC1CCCCCS1(=O)=O. The Balaban J connectivity index is 2.54. The highest BCUT2D eigenvalue weighted by molar-refractivity contribution is 7.92. The van der Waals surface area contributed by atoms with Crippen LogP contribution in [0.4, 0.5) is 0 Å². The van der Waals surface area contributed by atoms with Gasteiger partial charge in [0.2, 0.25) is 0 Å². The van der Waals surface area contributed by atoms with Gasteiger partial charge in [0.25, 0.3) is 0 Å². The molecular weight excluding hydrogens is 200 g/mol. The molecule has 1 fully saturated rings. The zero-order valence-electron chi connectivity index (χ0n) is 8.61. The lowest BCUT2D eigenvalue weighted by Gasteiger charge is -2.13. The first-order chi connectivity index (χ1) is 6.67. The van der Waals surface area contributed by atoms with Crippen molar-refractivity contribution < 1.29 is 13.2 Å². The summed E-state index contributed by atoms with van der Waals surface area (Å²) in [6.07, 6.45) is 6.91. The molecule has 3 nitrogen and oxygen atoms in total. The van der Waals surface area contributed by atoms with Crippen LogP contribution in [0.25, 0.3) is 0 Å². The van der Waals surface area contributed by atoms with E-state index in [9.17, 15) is 8.42 Å². The fourth-order valence-electron chi connectivity index (χ4n) is 1.64. The second-order valence-electron chi connectivity index (χ2n) is 3.64. The summed E-state index contributed by atoms with van der Waals surface area (Å²) in [5.74, 6) is 0.330. The van der Waals surface area contributed by atoms with E-state index >= 15 is 0 Å². The van der Waals surface area contributed by atoms with Gasteiger partial charge >= 0.3 is 0 Å². The Labute approximate surface area is 86.1 Å². The molecule has 0 aliphatic carbocycles. The van der Waals surface area contributed by atoms with Crippen molar-refractivity contribution in [3.8, 4) is 0 Å². The molecule has 0 N–H and O–H groups in total. The van der Waals surface area contributed by atoms with Crippen LogP contribution in [0.15, 0.2) is 12.3 Å². The van der Waals surface area contributed by atoms with Gasteiger partial charge in [-0.05, 0) is 19.8 Å². The second kappa shape index (κ2) is 5.39. The third-order valence-corrected chi connectivity index (χ3v) is 4.72. The molecule has 1 aliphatic rings. The van der Waals surface area contributed by atoms with Crippen LogP contribution < -0.4 is 0 Å². The third kappa shape index (κ3) is 3.33. The minimum atomic E-state index is -2.90. The van der Waals surface area contributed by atoms with E-state index in [2.05, 4.69) is 0 Å². The van der Waals surface area contributed by atoms with Gasteiger partial charge in [-0.25, -0.2) is 8.42 Å². The number of rotatable bonds is 3. The van der Waals surface area contributed by atoms with Gasteiger partial charge in [0.05, 0.1) is 17.3 Å². The van der Waals surface area contributed by atoms with Gasteiger partial charge in [-0.2, -0.15) is 0 Å². The van der Waals surface area contributed by atoms with Crippen molar-refractivity contribution in [1.29, 1.82) is 0 Å². The van der Waals surface area contributed by atoms with E-state index in [4.69, 9.17) is 4.74 Å². The molecule has 1 unspecified atom stereocenters. The predicted molar refractivity (Wildman–Crippen MR) is 56.8 cm³/mol. The Morgan fingerprint density at radius 3 is 2.86 bits per heavy atom. The molecule has 1 aliphatic heterocycles. The van der Waals surface area contributed by atoms with Crippen molar-refractivity contribution in [3.05, 3.63) is 12.3 Å². The Bertz CT molecular complexity index is 280. The van der Waals surface area contributed by atoms with Gasteiger partial charge in [-0.15, -0.1) is 0 Å². The molecule has 1 rings (SSSR count). The van der Waals surface area contributed by atoms with Crippen molar-refractivity contribution in [3.63, 3.8) is 0 Å². The van der Waals surface area contributed by atoms with Gasteiger partial charge in [-0.1, -0.05) is 18.9 Å². The van der Waals surface area contributed by atoms with Crippen LogP contribution in [-0.4, -0.2) is 26.0 Å². The van der Waals surface area contributed by atoms with E-state index < -0.39 is 9.84 Å². The highest BCUT2D eigenvalue weighted by Crippen LogP contribution is 2.19. The van der Waals surface area contributed by atoms with Crippen LogP contribution >= 0.6 is 0 Å². The fraction of sp³-hybridized carbons (Fsp3) is 0.800. The molecule has 82 valence electrons. The molecular formula is C10H18O3S. The zero-order valence-corrected chi connectivity index (χ0v) is 9.42. The molecule has 0 saturated carbocycles. The molecule has 0 aromatic carbocycles. The lowest BCUT2D eigenvalue weighted by atomic mass is 10.2. The van der Waals surface area contributed by atoms with Crippen LogP contribution in [0, 0.1) is 0 Å². The molecule has 0 radical (unpaired) electrons. The monoisotopic (exact) mass is 218 g/mol. The van der Waals surface area contributed by atoms with Crippen LogP contribution in [-0.2, 0) is 14.6 Å². The first-order valence-corrected chi connectivity index (χ1v) is 6.82. The molecule has 0 spiro atoms. The largest absolute Gasteiger partial charge is 0.500 e. The summed E-state index contributed by atoms with van der Waals surface area (Å²) < 4.78 is 28.5. The molecule has 4 heteroatoms. The Morgan fingerprint density at radius 2 is 2.14 bits per heavy atom. The summed E-state index contributed by atoms with van der Waals surface area (Å²) >= 11 is 0. The van der Waals surface area contributed by atoms with Gasteiger partial charge in [0, 0.05) is 0 Å². The van der Waals surface area contributed by atoms with Gasteiger partial charge in [0.1, 0.15) is 6.61 Å². The van der Waals surface area contributed by atoms with Gasteiger partial charge in [-0.3, -0.25) is 0 Å². The number of hydrogen-bond donors (Lipinski definition) is 0. The molecule has 1 atom stereocenters. The van der Waals surface area contributed by atoms with Crippen LogP contribution in [0.3, 0.4) is 0 Å². The maximum Gasteiger partial charge on any atom is 0.156 e. The summed E-state index contributed by atoms with van der Waals surface area (Å²) in [5.41, 5.74) is 0. The summed E-state index contributed by atoms with van der Waals surface area (Å²) in [6.45, 7) is 2.16. The molecule has 1 heterocycles. The topological polar surface area (TPSA) is 43.4 Å². The van der Waals surface area contributed by atoms with Crippen LogP contribution in [0.2, 0.25) is 0 Å². The molecule has 0 bridgehead atoms. The summed E-state index contributed by atoms with van der Waals surface area (Å²) in [6, 6.07) is 0. The van der Waals surface area contributed by atoms with E-state index in [1.54, 1.807) is 12.3 Å². The average molecular weight is 218 g/mol. The number of allylic oxidation sites excluding steroid dienone is 1. The third-order valence-electron chi connectivity index (χ3n) is 2.48. The van der Waals surface area contributed by atoms with Gasteiger partial charge in [0.15, 0.2) is 9.84 Å². The maximum atomic E-state index is 11.7. The first kappa shape index (κ1) is 11.6. The van der Waals surface area contributed by atoms with E-state index in [-0.39, 0.29) is 5.25 Å². The molecule has 0 aromatic rings.